The number of benzene rings is 1. The zero-order valence-corrected chi connectivity index (χ0v) is 16.2. The second kappa shape index (κ2) is 8.39. The predicted octanol–water partition coefficient (Wildman–Crippen LogP) is 3.36. The maximum Gasteiger partial charge on any atom is 0.274 e. The molecule has 0 saturated carbocycles. The molecule has 1 saturated heterocycles. The third-order valence-corrected chi connectivity index (χ3v) is 5.54. The first-order valence-electron chi connectivity index (χ1n) is 9.31. The van der Waals surface area contributed by atoms with Crippen molar-refractivity contribution >= 4 is 17.2 Å². The lowest BCUT2D eigenvalue weighted by Gasteiger charge is -2.24. The number of hydrogen-bond acceptors (Lipinski definition) is 5. The SMILES string of the molecule is O=C(c1ccc(=O)n(CCOc2ccccc2)n1)N1CCC[C@H]1c1ccsc1. The molecule has 144 valence electrons. The van der Waals surface area contributed by atoms with E-state index in [1.54, 1.807) is 11.3 Å². The number of carbonyl (C=O) groups is 1. The van der Waals surface area contributed by atoms with Gasteiger partial charge >= 0.3 is 0 Å². The molecule has 0 aliphatic carbocycles. The highest BCUT2D eigenvalue weighted by Crippen LogP contribution is 2.33. The number of carbonyl (C=O) groups excluding carboxylic acids is 1. The van der Waals surface area contributed by atoms with Crippen molar-refractivity contribution in [2.24, 2.45) is 0 Å². The number of likely N-dealkylation sites (tertiary alicyclic amines) is 1. The molecule has 3 aromatic rings. The van der Waals surface area contributed by atoms with E-state index in [0.717, 1.165) is 18.6 Å². The van der Waals surface area contributed by atoms with Crippen molar-refractivity contribution in [1.82, 2.24) is 14.7 Å². The van der Waals surface area contributed by atoms with Gasteiger partial charge in [0, 0.05) is 12.6 Å². The third kappa shape index (κ3) is 3.99. The van der Waals surface area contributed by atoms with E-state index >= 15 is 0 Å². The van der Waals surface area contributed by atoms with Crippen LogP contribution in [-0.4, -0.2) is 33.7 Å². The topological polar surface area (TPSA) is 64.4 Å². The Hall–Kier alpha value is -2.93. The van der Waals surface area contributed by atoms with Gasteiger partial charge in [-0.2, -0.15) is 16.4 Å². The Bertz CT molecular complexity index is 986. The van der Waals surface area contributed by atoms with Crippen LogP contribution < -0.4 is 10.3 Å². The molecule has 0 unspecified atom stereocenters. The minimum atomic E-state index is -0.246. The van der Waals surface area contributed by atoms with Gasteiger partial charge in [0.1, 0.15) is 18.1 Å². The second-order valence-electron chi connectivity index (χ2n) is 6.65. The predicted molar refractivity (Wildman–Crippen MR) is 108 cm³/mol. The van der Waals surface area contributed by atoms with Crippen LogP contribution in [0.2, 0.25) is 0 Å². The number of rotatable bonds is 6. The summed E-state index contributed by atoms with van der Waals surface area (Å²) in [6, 6.07) is 14.5. The summed E-state index contributed by atoms with van der Waals surface area (Å²) in [5, 5.41) is 8.42. The lowest BCUT2D eigenvalue weighted by molar-refractivity contribution is 0.0726. The number of ether oxygens (including phenoxy) is 1. The average Bonchev–Trinajstić information content (AvgIpc) is 3.41. The summed E-state index contributed by atoms with van der Waals surface area (Å²) in [4.78, 5) is 27.0. The molecule has 0 bridgehead atoms. The van der Waals surface area contributed by atoms with E-state index < -0.39 is 0 Å². The molecular weight excluding hydrogens is 374 g/mol. The van der Waals surface area contributed by atoms with Crippen LogP contribution in [0.25, 0.3) is 0 Å². The fourth-order valence-electron chi connectivity index (χ4n) is 3.46. The quantitative estimate of drug-likeness (QED) is 0.642. The van der Waals surface area contributed by atoms with Gasteiger partial charge in [-0.1, -0.05) is 18.2 Å². The van der Waals surface area contributed by atoms with Crippen molar-refractivity contribution in [3.8, 4) is 5.75 Å². The van der Waals surface area contributed by atoms with Gasteiger partial charge in [0.25, 0.3) is 11.5 Å². The first-order valence-corrected chi connectivity index (χ1v) is 10.3. The van der Waals surface area contributed by atoms with Crippen LogP contribution in [-0.2, 0) is 6.54 Å². The Morgan fingerprint density at radius 1 is 1.18 bits per heavy atom. The van der Waals surface area contributed by atoms with Crippen molar-refractivity contribution in [3.63, 3.8) is 0 Å². The minimum Gasteiger partial charge on any atom is -0.492 e. The lowest BCUT2D eigenvalue weighted by atomic mass is 10.1. The molecule has 7 heteroatoms. The summed E-state index contributed by atoms with van der Waals surface area (Å²) >= 11 is 1.63. The first kappa shape index (κ1) is 18.4. The molecule has 28 heavy (non-hydrogen) atoms. The summed E-state index contributed by atoms with van der Waals surface area (Å²) < 4.78 is 6.93. The standard InChI is InChI=1S/C21H21N3O3S/c25-20-9-8-18(22-24(20)12-13-27-17-5-2-1-3-6-17)21(26)23-11-4-7-19(23)16-10-14-28-15-16/h1-3,5-6,8-10,14-15,19H,4,7,11-13H2/t19-/m0/s1. The summed E-state index contributed by atoms with van der Waals surface area (Å²) in [6.45, 7) is 1.29. The molecule has 1 atom stereocenters. The smallest absolute Gasteiger partial charge is 0.274 e. The van der Waals surface area contributed by atoms with Crippen LogP contribution >= 0.6 is 11.3 Å². The van der Waals surface area contributed by atoms with Crippen molar-refractivity contribution in [1.29, 1.82) is 0 Å². The molecule has 6 nitrogen and oxygen atoms in total. The first-order chi connectivity index (χ1) is 13.7. The lowest BCUT2D eigenvalue weighted by Crippen LogP contribution is -2.34. The molecular formula is C21H21N3O3S. The highest BCUT2D eigenvalue weighted by atomic mass is 32.1. The van der Waals surface area contributed by atoms with Crippen LogP contribution in [0.4, 0.5) is 0 Å². The molecule has 1 aliphatic heterocycles. The van der Waals surface area contributed by atoms with Gasteiger partial charge in [0.05, 0.1) is 12.6 Å². The van der Waals surface area contributed by atoms with Gasteiger partial charge in [-0.25, -0.2) is 4.68 Å². The van der Waals surface area contributed by atoms with E-state index in [4.69, 9.17) is 4.74 Å². The van der Waals surface area contributed by atoms with Crippen LogP contribution in [0.1, 0.15) is 34.9 Å². The monoisotopic (exact) mass is 395 g/mol. The van der Waals surface area contributed by atoms with E-state index in [0.29, 0.717) is 18.8 Å². The Morgan fingerprint density at radius 2 is 2.04 bits per heavy atom. The molecule has 0 radical (unpaired) electrons. The molecule has 1 fully saturated rings. The third-order valence-electron chi connectivity index (χ3n) is 4.84. The molecule has 3 heterocycles. The Balaban J connectivity index is 1.47. The van der Waals surface area contributed by atoms with Crippen LogP contribution in [0.15, 0.2) is 64.1 Å². The van der Waals surface area contributed by atoms with Crippen molar-refractivity contribution < 1.29 is 9.53 Å². The van der Waals surface area contributed by atoms with Gasteiger partial charge < -0.3 is 9.64 Å². The molecule has 0 spiro atoms. The minimum absolute atomic E-state index is 0.0855. The maximum absolute atomic E-state index is 13.0. The van der Waals surface area contributed by atoms with Crippen molar-refractivity contribution in [2.75, 3.05) is 13.2 Å². The van der Waals surface area contributed by atoms with E-state index in [2.05, 4.69) is 16.5 Å². The van der Waals surface area contributed by atoms with Crippen LogP contribution in [0, 0.1) is 0 Å². The van der Waals surface area contributed by atoms with E-state index in [1.807, 2.05) is 40.6 Å². The Kier molecular flexibility index (Phi) is 5.53. The van der Waals surface area contributed by atoms with Gasteiger partial charge in [0.15, 0.2) is 0 Å². The number of nitrogens with zero attached hydrogens (tertiary/aromatic N) is 3. The zero-order chi connectivity index (χ0) is 19.3. The fraction of sp³-hybridized carbons (Fsp3) is 0.286. The molecule has 2 aromatic heterocycles. The van der Waals surface area contributed by atoms with E-state index in [-0.39, 0.29) is 24.1 Å². The number of para-hydroxylation sites is 1. The largest absolute Gasteiger partial charge is 0.492 e. The zero-order valence-electron chi connectivity index (χ0n) is 15.4. The van der Waals surface area contributed by atoms with Crippen LogP contribution in [0.3, 0.4) is 0 Å². The van der Waals surface area contributed by atoms with E-state index in [9.17, 15) is 9.59 Å². The molecule has 4 rings (SSSR count). The number of aromatic nitrogens is 2. The van der Waals surface area contributed by atoms with Gasteiger partial charge in [-0.15, -0.1) is 0 Å². The second-order valence-corrected chi connectivity index (χ2v) is 7.43. The van der Waals surface area contributed by atoms with Crippen molar-refractivity contribution in [2.45, 2.75) is 25.4 Å². The van der Waals surface area contributed by atoms with Crippen molar-refractivity contribution in [3.05, 3.63) is 80.9 Å². The van der Waals surface area contributed by atoms with Crippen LogP contribution in [0.5, 0.6) is 5.75 Å². The maximum atomic E-state index is 13.0. The van der Waals surface area contributed by atoms with Gasteiger partial charge in [-0.05, 0) is 53.4 Å². The molecule has 0 N–H and O–H groups in total. The molecule has 1 amide bonds. The summed E-state index contributed by atoms with van der Waals surface area (Å²) in [5.74, 6) is 0.602. The Labute approximate surface area is 167 Å². The summed E-state index contributed by atoms with van der Waals surface area (Å²) in [6.07, 6.45) is 1.92. The molecule has 1 aromatic carbocycles. The normalized spacial score (nSPS) is 16.3. The Morgan fingerprint density at radius 3 is 2.82 bits per heavy atom. The van der Waals surface area contributed by atoms with Gasteiger partial charge in [0.2, 0.25) is 0 Å². The van der Waals surface area contributed by atoms with E-state index in [1.165, 1.54) is 22.4 Å². The number of thiophene rings is 1. The molecule has 1 aliphatic rings. The highest BCUT2D eigenvalue weighted by molar-refractivity contribution is 7.08. The summed E-state index contributed by atoms with van der Waals surface area (Å²) in [5.41, 5.74) is 1.21. The number of hydrogen-bond donors (Lipinski definition) is 0. The summed E-state index contributed by atoms with van der Waals surface area (Å²) in [7, 11) is 0. The average molecular weight is 395 g/mol. The van der Waals surface area contributed by atoms with Gasteiger partial charge in [-0.3, -0.25) is 9.59 Å². The number of amides is 1. The highest BCUT2D eigenvalue weighted by Gasteiger charge is 2.31. The fourth-order valence-corrected chi connectivity index (χ4v) is 4.17.